The van der Waals surface area contributed by atoms with Crippen molar-refractivity contribution in [2.75, 3.05) is 0 Å². The third kappa shape index (κ3) is 2.24. The molecule has 1 aliphatic carbocycles. The minimum atomic E-state index is -0.173. The van der Waals surface area contributed by atoms with Crippen LogP contribution in [-0.4, -0.2) is 28.4 Å². The maximum absolute atomic E-state index is 12.3. The Hall–Kier alpha value is -0.570. The molecule has 1 heterocycles. The highest BCUT2D eigenvalue weighted by atomic mass is 16.2. The molecule has 92 valence electrons. The maximum atomic E-state index is 12.3. The van der Waals surface area contributed by atoms with Gasteiger partial charge in [0, 0.05) is 24.0 Å². The third-order valence-corrected chi connectivity index (χ3v) is 4.33. The molecular weight excluding hydrogens is 200 g/mol. The van der Waals surface area contributed by atoms with E-state index in [0.717, 1.165) is 25.7 Å². The largest absolute Gasteiger partial charge is 0.337 e. The molecule has 0 bridgehead atoms. The van der Waals surface area contributed by atoms with Crippen LogP contribution in [0.15, 0.2) is 0 Å². The van der Waals surface area contributed by atoms with Gasteiger partial charge in [0.05, 0.1) is 0 Å². The number of nitrogens with two attached hydrogens (primary N) is 1. The van der Waals surface area contributed by atoms with Gasteiger partial charge in [0.1, 0.15) is 0 Å². The molecule has 2 aliphatic rings. The van der Waals surface area contributed by atoms with E-state index in [4.69, 9.17) is 5.73 Å². The van der Waals surface area contributed by atoms with E-state index < -0.39 is 0 Å². The molecule has 2 N–H and O–H groups in total. The van der Waals surface area contributed by atoms with Gasteiger partial charge in [-0.1, -0.05) is 0 Å². The first-order valence-corrected chi connectivity index (χ1v) is 6.62. The second kappa shape index (κ2) is 4.36. The molecule has 3 heteroatoms. The lowest BCUT2D eigenvalue weighted by molar-refractivity contribution is -0.139. The average Bonchev–Trinajstić information content (AvgIpc) is 2.15. The van der Waals surface area contributed by atoms with Crippen LogP contribution in [0.4, 0.5) is 0 Å². The van der Waals surface area contributed by atoms with Gasteiger partial charge in [0.2, 0.25) is 5.91 Å². The number of hydrogen-bond acceptors (Lipinski definition) is 2. The van der Waals surface area contributed by atoms with Gasteiger partial charge in [-0.25, -0.2) is 0 Å². The molecule has 16 heavy (non-hydrogen) atoms. The van der Waals surface area contributed by atoms with Gasteiger partial charge >= 0.3 is 0 Å². The zero-order chi connectivity index (χ0) is 11.8. The average molecular weight is 224 g/mol. The van der Waals surface area contributed by atoms with Crippen molar-refractivity contribution in [2.45, 2.75) is 76.4 Å². The monoisotopic (exact) mass is 224 g/mol. The molecule has 0 unspecified atom stereocenters. The van der Waals surface area contributed by atoms with Gasteiger partial charge in [0.25, 0.3) is 0 Å². The Balaban J connectivity index is 1.96. The SMILES string of the molecule is C[C@@H]1CCC[C@H](C)N1C(=O)CC1(N)CCC1. The van der Waals surface area contributed by atoms with Gasteiger partial charge in [-0.05, 0) is 52.4 Å². The van der Waals surface area contributed by atoms with Crippen molar-refractivity contribution in [1.82, 2.24) is 4.90 Å². The summed E-state index contributed by atoms with van der Waals surface area (Å²) in [4.78, 5) is 14.4. The topological polar surface area (TPSA) is 46.3 Å². The molecular formula is C13H24N2O. The fraction of sp³-hybridized carbons (Fsp3) is 0.923. The first-order valence-electron chi connectivity index (χ1n) is 6.62. The normalized spacial score (nSPS) is 33.3. The van der Waals surface area contributed by atoms with Crippen molar-refractivity contribution in [3.8, 4) is 0 Å². The van der Waals surface area contributed by atoms with Crippen LogP contribution in [-0.2, 0) is 4.79 Å². The second-order valence-corrected chi connectivity index (χ2v) is 5.82. The van der Waals surface area contributed by atoms with Crippen LogP contribution in [0.25, 0.3) is 0 Å². The number of piperidine rings is 1. The van der Waals surface area contributed by atoms with Crippen LogP contribution in [0.3, 0.4) is 0 Å². The van der Waals surface area contributed by atoms with Crippen LogP contribution < -0.4 is 5.73 Å². The van der Waals surface area contributed by atoms with E-state index in [-0.39, 0.29) is 11.4 Å². The number of carbonyl (C=O) groups excluding carboxylic acids is 1. The van der Waals surface area contributed by atoms with Crippen molar-refractivity contribution in [1.29, 1.82) is 0 Å². The number of hydrogen-bond donors (Lipinski definition) is 1. The number of likely N-dealkylation sites (tertiary alicyclic amines) is 1. The van der Waals surface area contributed by atoms with Gasteiger partial charge < -0.3 is 10.6 Å². The third-order valence-electron chi connectivity index (χ3n) is 4.33. The van der Waals surface area contributed by atoms with Gasteiger partial charge in [-0.3, -0.25) is 4.79 Å². The smallest absolute Gasteiger partial charge is 0.224 e. The Morgan fingerprint density at radius 3 is 2.25 bits per heavy atom. The summed E-state index contributed by atoms with van der Waals surface area (Å²) in [7, 11) is 0. The van der Waals surface area contributed by atoms with E-state index in [1.54, 1.807) is 0 Å². The lowest BCUT2D eigenvalue weighted by Crippen LogP contribution is -2.54. The fourth-order valence-corrected chi connectivity index (χ4v) is 3.11. The molecule has 0 aromatic rings. The Morgan fingerprint density at radius 2 is 1.81 bits per heavy atom. The Kier molecular flexibility index (Phi) is 3.24. The van der Waals surface area contributed by atoms with Crippen LogP contribution in [0.2, 0.25) is 0 Å². The molecule has 1 saturated carbocycles. The minimum absolute atomic E-state index is 0.173. The Bertz CT molecular complexity index is 263. The highest BCUT2D eigenvalue weighted by Gasteiger charge is 2.38. The summed E-state index contributed by atoms with van der Waals surface area (Å²) in [6.07, 6.45) is 7.34. The number of amides is 1. The van der Waals surface area contributed by atoms with Crippen LogP contribution in [0.5, 0.6) is 0 Å². The molecule has 1 amide bonds. The zero-order valence-electron chi connectivity index (χ0n) is 10.5. The molecule has 1 aliphatic heterocycles. The van der Waals surface area contributed by atoms with E-state index in [0.29, 0.717) is 18.5 Å². The summed E-state index contributed by atoms with van der Waals surface area (Å²) in [5.41, 5.74) is 5.98. The highest BCUT2D eigenvalue weighted by Crippen LogP contribution is 2.34. The maximum Gasteiger partial charge on any atom is 0.224 e. The quantitative estimate of drug-likeness (QED) is 0.780. The van der Waals surface area contributed by atoms with Crippen molar-refractivity contribution in [3.63, 3.8) is 0 Å². The summed E-state index contributed by atoms with van der Waals surface area (Å²) < 4.78 is 0. The lowest BCUT2D eigenvalue weighted by atomic mass is 9.75. The van der Waals surface area contributed by atoms with Crippen LogP contribution in [0, 0.1) is 0 Å². The summed E-state index contributed by atoms with van der Waals surface area (Å²) in [5, 5.41) is 0. The summed E-state index contributed by atoms with van der Waals surface area (Å²) in [6, 6.07) is 0.805. The molecule has 0 spiro atoms. The molecule has 0 radical (unpaired) electrons. The summed E-state index contributed by atoms with van der Waals surface area (Å²) in [5.74, 6) is 0.280. The fourth-order valence-electron chi connectivity index (χ4n) is 3.11. The predicted molar refractivity (Wildman–Crippen MR) is 65.0 cm³/mol. The molecule has 3 nitrogen and oxygen atoms in total. The van der Waals surface area contributed by atoms with E-state index >= 15 is 0 Å². The first kappa shape index (κ1) is 11.9. The molecule has 0 aromatic heterocycles. The van der Waals surface area contributed by atoms with Crippen LogP contribution >= 0.6 is 0 Å². The van der Waals surface area contributed by atoms with E-state index in [2.05, 4.69) is 18.7 Å². The first-order chi connectivity index (χ1) is 7.52. The molecule has 2 fully saturated rings. The lowest BCUT2D eigenvalue weighted by Gasteiger charge is -2.43. The van der Waals surface area contributed by atoms with Crippen molar-refractivity contribution in [3.05, 3.63) is 0 Å². The van der Waals surface area contributed by atoms with Crippen molar-refractivity contribution in [2.24, 2.45) is 5.73 Å². The van der Waals surface area contributed by atoms with Crippen molar-refractivity contribution >= 4 is 5.91 Å². The summed E-state index contributed by atoms with van der Waals surface area (Å²) in [6.45, 7) is 4.33. The zero-order valence-corrected chi connectivity index (χ0v) is 10.5. The molecule has 1 saturated heterocycles. The Morgan fingerprint density at radius 1 is 1.25 bits per heavy atom. The van der Waals surface area contributed by atoms with E-state index in [9.17, 15) is 4.79 Å². The molecule has 0 aromatic carbocycles. The molecule has 2 rings (SSSR count). The van der Waals surface area contributed by atoms with E-state index in [1.807, 2.05) is 0 Å². The summed E-state index contributed by atoms with van der Waals surface area (Å²) >= 11 is 0. The predicted octanol–water partition coefficient (Wildman–Crippen LogP) is 2.05. The molecule has 2 atom stereocenters. The Labute approximate surface area is 98.4 Å². The number of carbonyl (C=O) groups is 1. The van der Waals surface area contributed by atoms with Crippen LogP contribution in [0.1, 0.15) is 58.8 Å². The number of nitrogens with zero attached hydrogens (tertiary/aromatic N) is 1. The number of rotatable bonds is 2. The van der Waals surface area contributed by atoms with Gasteiger partial charge in [0.15, 0.2) is 0 Å². The van der Waals surface area contributed by atoms with E-state index in [1.165, 1.54) is 12.8 Å². The van der Waals surface area contributed by atoms with Gasteiger partial charge in [-0.2, -0.15) is 0 Å². The van der Waals surface area contributed by atoms with Gasteiger partial charge in [-0.15, -0.1) is 0 Å². The highest BCUT2D eigenvalue weighted by molar-refractivity contribution is 5.78. The van der Waals surface area contributed by atoms with Crippen molar-refractivity contribution < 1.29 is 4.79 Å². The second-order valence-electron chi connectivity index (χ2n) is 5.82. The standard InChI is InChI=1S/C13H24N2O/c1-10-5-3-6-11(2)15(10)12(16)9-13(14)7-4-8-13/h10-11H,3-9,14H2,1-2H3/t10-,11+. The minimum Gasteiger partial charge on any atom is -0.337 e.